The van der Waals surface area contributed by atoms with Crippen LogP contribution >= 0.6 is 11.8 Å². The van der Waals surface area contributed by atoms with Crippen molar-refractivity contribution in [2.24, 2.45) is 0 Å². The SMILES string of the molecule is Cc1ccc(CSCCNC(=O)c2ccc3nc(C)c(C)nc3c2)cc1. The Balaban J connectivity index is 1.51. The van der Waals surface area contributed by atoms with Crippen molar-refractivity contribution in [3.63, 3.8) is 0 Å². The molecule has 26 heavy (non-hydrogen) atoms. The zero-order valence-electron chi connectivity index (χ0n) is 15.4. The number of aryl methyl sites for hydroxylation is 3. The largest absolute Gasteiger partial charge is 0.351 e. The highest BCUT2D eigenvalue weighted by molar-refractivity contribution is 7.98. The van der Waals surface area contributed by atoms with Gasteiger partial charge >= 0.3 is 0 Å². The predicted octanol–water partition coefficient (Wildman–Crippen LogP) is 4.22. The highest BCUT2D eigenvalue weighted by Crippen LogP contribution is 2.15. The molecule has 4 nitrogen and oxygen atoms in total. The number of carbonyl (C=O) groups is 1. The van der Waals surface area contributed by atoms with Gasteiger partial charge in [0.1, 0.15) is 0 Å². The summed E-state index contributed by atoms with van der Waals surface area (Å²) in [4.78, 5) is 21.4. The van der Waals surface area contributed by atoms with Crippen LogP contribution in [-0.4, -0.2) is 28.2 Å². The van der Waals surface area contributed by atoms with Gasteiger partial charge in [0.05, 0.1) is 22.4 Å². The van der Waals surface area contributed by atoms with Crippen LogP contribution in [0.4, 0.5) is 0 Å². The van der Waals surface area contributed by atoms with Crippen LogP contribution in [0.25, 0.3) is 11.0 Å². The molecule has 3 aromatic rings. The zero-order chi connectivity index (χ0) is 18.5. The first-order valence-electron chi connectivity index (χ1n) is 8.69. The number of nitrogens with one attached hydrogen (secondary N) is 1. The lowest BCUT2D eigenvalue weighted by Crippen LogP contribution is -2.25. The summed E-state index contributed by atoms with van der Waals surface area (Å²) < 4.78 is 0. The third-order valence-electron chi connectivity index (χ3n) is 4.26. The number of nitrogens with zero attached hydrogens (tertiary/aromatic N) is 2. The van der Waals surface area contributed by atoms with Crippen molar-refractivity contribution in [3.8, 4) is 0 Å². The summed E-state index contributed by atoms with van der Waals surface area (Å²) >= 11 is 1.82. The molecule has 0 unspecified atom stereocenters. The van der Waals surface area contributed by atoms with Gasteiger partial charge < -0.3 is 5.32 Å². The molecule has 0 saturated carbocycles. The lowest BCUT2D eigenvalue weighted by Gasteiger charge is -2.07. The molecular formula is C21H23N3OS. The molecule has 0 fully saturated rings. The van der Waals surface area contributed by atoms with Crippen molar-refractivity contribution in [2.75, 3.05) is 12.3 Å². The van der Waals surface area contributed by atoms with Crippen LogP contribution in [0.5, 0.6) is 0 Å². The van der Waals surface area contributed by atoms with E-state index in [1.807, 2.05) is 37.7 Å². The number of hydrogen-bond donors (Lipinski definition) is 1. The maximum atomic E-state index is 12.3. The third kappa shape index (κ3) is 4.61. The lowest BCUT2D eigenvalue weighted by molar-refractivity contribution is 0.0956. The number of hydrogen-bond acceptors (Lipinski definition) is 4. The minimum Gasteiger partial charge on any atom is -0.351 e. The second-order valence-electron chi connectivity index (χ2n) is 6.39. The lowest BCUT2D eigenvalue weighted by atomic mass is 10.1. The highest BCUT2D eigenvalue weighted by atomic mass is 32.2. The van der Waals surface area contributed by atoms with Crippen molar-refractivity contribution in [2.45, 2.75) is 26.5 Å². The molecular weight excluding hydrogens is 342 g/mol. The van der Waals surface area contributed by atoms with Gasteiger partial charge in [-0.15, -0.1) is 0 Å². The van der Waals surface area contributed by atoms with E-state index >= 15 is 0 Å². The smallest absolute Gasteiger partial charge is 0.251 e. The normalized spacial score (nSPS) is 10.9. The minimum atomic E-state index is -0.0668. The van der Waals surface area contributed by atoms with Gasteiger partial charge in [-0.3, -0.25) is 4.79 Å². The van der Waals surface area contributed by atoms with Crippen LogP contribution in [-0.2, 0) is 5.75 Å². The van der Waals surface area contributed by atoms with Gasteiger partial charge in [0.15, 0.2) is 0 Å². The first-order valence-corrected chi connectivity index (χ1v) is 9.85. The van der Waals surface area contributed by atoms with Crippen LogP contribution in [0.3, 0.4) is 0 Å². The van der Waals surface area contributed by atoms with Gasteiger partial charge in [0.2, 0.25) is 0 Å². The van der Waals surface area contributed by atoms with Gasteiger partial charge in [-0.05, 0) is 44.5 Å². The van der Waals surface area contributed by atoms with E-state index in [1.54, 1.807) is 6.07 Å². The van der Waals surface area contributed by atoms with Crippen LogP contribution in [0.2, 0.25) is 0 Å². The van der Waals surface area contributed by atoms with Crippen molar-refractivity contribution in [1.29, 1.82) is 0 Å². The molecule has 3 rings (SSSR count). The Morgan fingerprint density at radius 2 is 1.65 bits per heavy atom. The van der Waals surface area contributed by atoms with E-state index in [2.05, 4.69) is 46.5 Å². The molecule has 1 N–H and O–H groups in total. The van der Waals surface area contributed by atoms with Gasteiger partial charge in [0, 0.05) is 23.6 Å². The summed E-state index contributed by atoms with van der Waals surface area (Å²) in [6, 6.07) is 14.0. The average Bonchev–Trinajstić information content (AvgIpc) is 2.63. The Morgan fingerprint density at radius 3 is 2.38 bits per heavy atom. The molecule has 0 bridgehead atoms. The van der Waals surface area contributed by atoms with Gasteiger partial charge in [-0.25, -0.2) is 9.97 Å². The fourth-order valence-corrected chi connectivity index (χ4v) is 3.40. The zero-order valence-corrected chi connectivity index (χ0v) is 16.2. The van der Waals surface area contributed by atoms with Crippen LogP contribution in [0.15, 0.2) is 42.5 Å². The van der Waals surface area contributed by atoms with Gasteiger partial charge in [-0.1, -0.05) is 29.8 Å². The molecule has 1 heterocycles. The maximum Gasteiger partial charge on any atom is 0.251 e. The van der Waals surface area contributed by atoms with E-state index < -0.39 is 0 Å². The average molecular weight is 366 g/mol. The predicted molar refractivity (Wildman–Crippen MR) is 109 cm³/mol. The molecule has 0 aliphatic rings. The molecule has 0 aliphatic carbocycles. The second-order valence-corrected chi connectivity index (χ2v) is 7.50. The number of fused-ring (bicyclic) bond motifs is 1. The summed E-state index contributed by atoms with van der Waals surface area (Å²) in [5, 5.41) is 2.98. The Kier molecular flexibility index (Phi) is 5.89. The standard InChI is InChI=1S/C21H23N3OS/c1-14-4-6-17(7-5-14)13-26-11-10-22-21(25)18-8-9-19-20(12-18)24-16(3)15(2)23-19/h4-9,12H,10-11,13H2,1-3H3,(H,22,25). The highest BCUT2D eigenvalue weighted by Gasteiger charge is 2.08. The van der Waals surface area contributed by atoms with Gasteiger partial charge in [-0.2, -0.15) is 11.8 Å². The van der Waals surface area contributed by atoms with E-state index in [1.165, 1.54) is 11.1 Å². The van der Waals surface area contributed by atoms with Crippen LogP contribution < -0.4 is 5.32 Å². The second kappa shape index (κ2) is 8.32. The monoisotopic (exact) mass is 365 g/mol. The fraction of sp³-hybridized carbons (Fsp3) is 0.286. The summed E-state index contributed by atoms with van der Waals surface area (Å²) in [6.45, 7) is 6.61. The summed E-state index contributed by atoms with van der Waals surface area (Å²) in [7, 11) is 0. The molecule has 1 amide bonds. The van der Waals surface area contributed by atoms with E-state index in [0.717, 1.165) is 33.9 Å². The Hall–Kier alpha value is -2.40. The van der Waals surface area contributed by atoms with Crippen molar-refractivity contribution in [1.82, 2.24) is 15.3 Å². The van der Waals surface area contributed by atoms with Crippen molar-refractivity contribution in [3.05, 3.63) is 70.5 Å². The molecule has 0 radical (unpaired) electrons. The first-order chi connectivity index (χ1) is 12.5. The van der Waals surface area contributed by atoms with Gasteiger partial charge in [0.25, 0.3) is 5.91 Å². The summed E-state index contributed by atoms with van der Waals surface area (Å²) in [5.41, 5.74) is 6.59. The molecule has 0 saturated heterocycles. The molecule has 0 atom stereocenters. The van der Waals surface area contributed by atoms with E-state index in [0.29, 0.717) is 12.1 Å². The quantitative estimate of drug-likeness (QED) is 0.665. The summed E-state index contributed by atoms with van der Waals surface area (Å²) in [5.74, 6) is 1.77. The van der Waals surface area contributed by atoms with Crippen LogP contribution in [0, 0.1) is 20.8 Å². The first kappa shape index (κ1) is 18.4. The molecule has 5 heteroatoms. The van der Waals surface area contributed by atoms with Crippen molar-refractivity contribution < 1.29 is 4.79 Å². The molecule has 0 spiro atoms. The molecule has 0 aliphatic heterocycles. The van der Waals surface area contributed by atoms with E-state index in [9.17, 15) is 4.79 Å². The van der Waals surface area contributed by atoms with E-state index in [4.69, 9.17) is 0 Å². The molecule has 2 aromatic carbocycles. The Morgan fingerprint density at radius 1 is 0.962 bits per heavy atom. The number of amides is 1. The fourth-order valence-electron chi connectivity index (χ4n) is 2.59. The third-order valence-corrected chi connectivity index (χ3v) is 5.29. The number of thioether (sulfide) groups is 1. The minimum absolute atomic E-state index is 0.0668. The maximum absolute atomic E-state index is 12.3. The molecule has 1 aromatic heterocycles. The Bertz CT molecular complexity index is 922. The van der Waals surface area contributed by atoms with Crippen LogP contribution in [0.1, 0.15) is 32.9 Å². The summed E-state index contributed by atoms with van der Waals surface area (Å²) in [6.07, 6.45) is 0. The number of carbonyl (C=O) groups excluding carboxylic acids is 1. The number of benzene rings is 2. The number of rotatable bonds is 6. The Labute approximate surface area is 158 Å². The number of aromatic nitrogens is 2. The van der Waals surface area contributed by atoms with Crippen molar-refractivity contribution >= 4 is 28.7 Å². The topological polar surface area (TPSA) is 54.9 Å². The molecule has 134 valence electrons. The van der Waals surface area contributed by atoms with E-state index in [-0.39, 0.29) is 5.91 Å².